The summed E-state index contributed by atoms with van der Waals surface area (Å²) in [5.74, 6) is 0.230. The van der Waals surface area contributed by atoms with Crippen molar-refractivity contribution in [3.05, 3.63) is 65.0 Å². The monoisotopic (exact) mass is 328 g/mol. The lowest BCUT2D eigenvalue weighted by atomic mass is 10.2. The van der Waals surface area contributed by atoms with Crippen LogP contribution in [-0.4, -0.2) is 36.9 Å². The number of amides is 1. The summed E-state index contributed by atoms with van der Waals surface area (Å²) in [4.78, 5) is 28.4. The molecular weight excluding hydrogens is 312 g/mol. The van der Waals surface area contributed by atoms with Crippen LogP contribution >= 0.6 is 0 Å². The van der Waals surface area contributed by atoms with Gasteiger partial charge in [-0.05, 0) is 30.7 Å². The molecule has 1 unspecified atom stereocenters. The number of aromatic nitrogens is 3. The summed E-state index contributed by atoms with van der Waals surface area (Å²) >= 11 is 0. The van der Waals surface area contributed by atoms with Gasteiger partial charge in [-0.15, -0.1) is 0 Å². The third-order valence-corrected chi connectivity index (χ3v) is 3.62. The molecule has 3 N–H and O–H groups in total. The number of fused-ring (bicyclic) bond motifs is 1. The van der Waals surface area contributed by atoms with Gasteiger partial charge in [0.05, 0.1) is 11.7 Å². The normalized spacial score (nSPS) is 12.2. The van der Waals surface area contributed by atoms with Crippen LogP contribution in [0, 0.1) is 0 Å². The minimum Gasteiger partial charge on any atom is -0.465 e. The summed E-state index contributed by atoms with van der Waals surface area (Å²) in [5.41, 5.74) is 0.620. The van der Waals surface area contributed by atoms with Crippen molar-refractivity contribution in [3.63, 3.8) is 0 Å². The zero-order valence-electron chi connectivity index (χ0n) is 12.7. The van der Waals surface area contributed by atoms with E-state index in [0.717, 1.165) is 0 Å². The first-order valence-electron chi connectivity index (χ1n) is 7.37. The van der Waals surface area contributed by atoms with Gasteiger partial charge in [0.2, 0.25) is 0 Å². The molecular formula is C16H16N4O4. The molecule has 8 heteroatoms. The van der Waals surface area contributed by atoms with Gasteiger partial charge in [-0.2, -0.15) is 0 Å². The maximum absolute atomic E-state index is 12.9. The fourth-order valence-corrected chi connectivity index (χ4v) is 2.60. The molecule has 1 aromatic carbocycles. The summed E-state index contributed by atoms with van der Waals surface area (Å²) in [6, 6.07) is 11.4. The predicted molar refractivity (Wildman–Crippen MR) is 86.4 cm³/mol. The number of carboxylic acid groups (broad SMARTS) is 1. The number of carbonyl (C=O) groups is 1. The van der Waals surface area contributed by atoms with E-state index < -0.39 is 12.1 Å². The van der Waals surface area contributed by atoms with Crippen LogP contribution in [0.1, 0.15) is 18.3 Å². The van der Waals surface area contributed by atoms with Crippen LogP contribution in [-0.2, 0) is 0 Å². The van der Waals surface area contributed by atoms with Gasteiger partial charge < -0.3 is 15.5 Å². The second kappa shape index (κ2) is 6.55. The molecule has 0 saturated heterocycles. The Morgan fingerprint density at radius 2 is 1.96 bits per heavy atom. The molecule has 0 radical (unpaired) electrons. The van der Waals surface area contributed by atoms with Crippen molar-refractivity contribution < 1.29 is 15.0 Å². The van der Waals surface area contributed by atoms with E-state index in [1.54, 1.807) is 42.6 Å². The highest BCUT2D eigenvalue weighted by molar-refractivity contribution is 5.65. The van der Waals surface area contributed by atoms with Crippen LogP contribution in [0.25, 0.3) is 11.3 Å². The molecule has 3 aromatic rings. The first-order chi connectivity index (χ1) is 11.6. The van der Waals surface area contributed by atoms with Crippen molar-refractivity contribution in [1.29, 1.82) is 0 Å². The Hall–Kier alpha value is -3.13. The Morgan fingerprint density at radius 3 is 2.62 bits per heavy atom. The number of benzene rings is 1. The Bertz CT molecular complexity index is 917. The molecule has 0 aliphatic rings. The minimum atomic E-state index is -1.25. The average molecular weight is 328 g/mol. The topological polar surface area (TPSA) is 109 Å². The molecule has 124 valence electrons. The summed E-state index contributed by atoms with van der Waals surface area (Å²) in [5, 5.41) is 20.6. The number of nitrogens with one attached hydrogen (secondary N) is 1. The zero-order chi connectivity index (χ0) is 17.1. The molecule has 0 bridgehead atoms. The molecule has 0 spiro atoms. The summed E-state index contributed by atoms with van der Waals surface area (Å²) in [7, 11) is 0. The Morgan fingerprint density at radius 1 is 1.21 bits per heavy atom. The molecule has 24 heavy (non-hydrogen) atoms. The molecule has 0 aliphatic carbocycles. The van der Waals surface area contributed by atoms with E-state index in [4.69, 9.17) is 5.11 Å². The fraction of sp³-hybridized carbons (Fsp3) is 0.188. The highest BCUT2D eigenvalue weighted by Gasteiger charge is 2.22. The smallest absolute Gasteiger partial charge is 0.405 e. The fourth-order valence-electron chi connectivity index (χ4n) is 2.60. The summed E-state index contributed by atoms with van der Waals surface area (Å²) in [6.07, 6.45) is 0.444. The van der Waals surface area contributed by atoms with E-state index in [2.05, 4.69) is 10.3 Å². The van der Waals surface area contributed by atoms with Gasteiger partial charge in [0.25, 0.3) is 0 Å². The van der Waals surface area contributed by atoms with Gasteiger partial charge in [0.1, 0.15) is 11.5 Å². The second-order valence-electron chi connectivity index (χ2n) is 5.17. The second-order valence-corrected chi connectivity index (χ2v) is 5.17. The number of para-hydroxylation sites is 1. The molecule has 1 atom stereocenters. The SMILES string of the molecule is O=C(O)NC(CCO)c1nc2cccn2c(=O)n1-c1ccccc1. The lowest BCUT2D eigenvalue weighted by Gasteiger charge is -2.20. The first kappa shape index (κ1) is 15.8. The van der Waals surface area contributed by atoms with Crippen LogP contribution in [0.2, 0.25) is 0 Å². The highest BCUT2D eigenvalue weighted by atomic mass is 16.4. The van der Waals surface area contributed by atoms with Crippen LogP contribution < -0.4 is 11.0 Å². The van der Waals surface area contributed by atoms with Crippen molar-refractivity contribution in [1.82, 2.24) is 19.3 Å². The third-order valence-electron chi connectivity index (χ3n) is 3.62. The molecule has 3 rings (SSSR count). The first-order valence-corrected chi connectivity index (χ1v) is 7.37. The lowest BCUT2D eigenvalue weighted by molar-refractivity contribution is 0.184. The molecule has 2 aromatic heterocycles. The number of nitrogens with zero attached hydrogens (tertiary/aromatic N) is 3. The lowest BCUT2D eigenvalue weighted by Crippen LogP contribution is -2.36. The standard InChI is InChI=1S/C16H16N4O4/c21-10-8-12(17-15(22)23)14-18-13-7-4-9-19(13)16(24)20(14)11-5-2-1-3-6-11/h1-7,9,12,17,21H,8,10H2,(H,22,23). The third kappa shape index (κ3) is 2.86. The maximum Gasteiger partial charge on any atom is 0.405 e. The van der Waals surface area contributed by atoms with E-state index >= 15 is 0 Å². The molecule has 0 saturated carbocycles. The molecule has 0 aliphatic heterocycles. The van der Waals surface area contributed by atoms with Gasteiger partial charge in [-0.1, -0.05) is 18.2 Å². The van der Waals surface area contributed by atoms with Crippen molar-refractivity contribution in [2.45, 2.75) is 12.5 Å². The number of aliphatic hydroxyl groups is 1. The van der Waals surface area contributed by atoms with E-state index in [1.165, 1.54) is 8.97 Å². The minimum absolute atomic E-state index is 0.0997. The van der Waals surface area contributed by atoms with Gasteiger partial charge in [-0.3, -0.25) is 4.40 Å². The van der Waals surface area contributed by atoms with E-state index in [9.17, 15) is 14.7 Å². The highest BCUT2D eigenvalue weighted by Crippen LogP contribution is 2.18. The van der Waals surface area contributed by atoms with Gasteiger partial charge >= 0.3 is 11.8 Å². The van der Waals surface area contributed by atoms with Crippen molar-refractivity contribution in [2.75, 3.05) is 6.61 Å². The number of aliphatic hydroxyl groups excluding tert-OH is 1. The van der Waals surface area contributed by atoms with Gasteiger partial charge in [0, 0.05) is 12.8 Å². The number of hydrogen-bond donors (Lipinski definition) is 3. The Labute approximate surface area is 136 Å². The quantitative estimate of drug-likeness (QED) is 0.651. The van der Waals surface area contributed by atoms with Gasteiger partial charge in [-0.25, -0.2) is 19.1 Å². The summed E-state index contributed by atoms with van der Waals surface area (Å²) < 4.78 is 2.73. The zero-order valence-corrected chi connectivity index (χ0v) is 12.7. The van der Waals surface area contributed by atoms with E-state index in [-0.39, 0.29) is 24.5 Å². The predicted octanol–water partition coefficient (Wildman–Crippen LogP) is 1.18. The van der Waals surface area contributed by atoms with Crippen molar-refractivity contribution in [2.24, 2.45) is 0 Å². The molecule has 1 amide bonds. The van der Waals surface area contributed by atoms with Crippen molar-refractivity contribution >= 4 is 11.7 Å². The number of rotatable bonds is 5. The van der Waals surface area contributed by atoms with Crippen molar-refractivity contribution in [3.8, 4) is 5.69 Å². The van der Waals surface area contributed by atoms with Gasteiger partial charge in [0.15, 0.2) is 0 Å². The average Bonchev–Trinajstić information content (AvgIpc) is 3.03. The summed E-state index contributed by atoms with van der Waals surface area (Å²) in [6.45, 7) is -0.248. The largest absolute Gasteiger partial charge is 0.465 e. The van der Waals surface area contributed by atoms with Crippen LogP contribution in [0.3, 0.4) is 0 Å². The van der Waals surface area contributed by atoms with Crippen LogP contribution in [0.5, 0.6) is 0 Å². The Kier molecular flexibility index (Phi) is 4.30. The van der Waals surface area contributed by atoms with E-state index in [1.807, 2.05) is 6.07 Å². The molecule has 0 fully saturated rings. The Balaban J connectivity index is 2.28. The van der Waals surface area contributed by atoms with E-state index in [0.29, 0.717) is 11.3 Å². The molecule has 8 nitrogen and oxygen atoms in total. The number of hydrogen-bond acceptors (Lipinski definition) is 4. The molecule has 2 heterocycles. The maximum atomic E-state index is 12.9. The van der Waals surface area contributed by atoms with Crippen LogP contribution in [0.4, 0.5) is 4.79 Å². The van der Waals surface area contributed by atoms with Crippen LogP contribution in [0.15, 0.2) is 53.5 Å².